The topological polar surface area (TPSA) is 95.8 Å². The van der Waals surface area contributed by atoms with Crippen molar-refractivity contribution in [2.75, 3.05) is 26.3 Å². The average Bonchev–Trinajstić information content (AvgIpc) is 2.98. The van der Waals surface area contributed by atoms with Gasteiger partial charge in [0, 0.05) is 13.1 Å². The molecule has 0 aliphatic rings. The molecule has 0 aliphatic heterocycles. The van der Waals surface area contributed by atoms with Crippen LogP contribution in [0.5, 0.6) is 0 Å². The van der Waals surface area contributed by atoms with Gasteiger partial charge in [0.1, 0.15) is 6.26 Å². The van der Waals surface area contributed by atoms with Crippen LogP contribution >= 0.6 is 0 Å². The molecule has 2 heterocycles. The van der Waals surface area contributed by atoms with E-state index in [-0.39, 0.29) is 13.2 Å². The molecule has 2 aromatic heterocycles. The van der Waals surface area contributed by atoms with Crippen LogP contribution < -0.4 is 0 Å². The Morgan fingerprint density at radius 2 is 2.00 bits per heavy atom. The lowest BCUT2D eigenvalue weighted by Gasteiger charge is -2.17. The Labute approximate surface area is 104 Å². The molecule has 0 atom stereocenters. The number of nitrogens with zero attached hydrogens (tertiary/aromatic N) is 3. The van der Waals surface area contributed by atoms with Gasteiger partial charge in [0.2, 0.25) is 0 Å². The molecular formula is C11H15N3O4. The van der Waals surface area contributed by atoms with Crippen LogP contribution in [0.4, 0.5) is 0 Å². The van der Waals surface area contributed by atoms with Crippen molar-refractivity contribution in [1.82, 2.24) is 15.0 Å². The maximum atomic E-state index is 8.90. The first-order chi connectivity index (χ1) is 8.83. The van der Waals surface area contributed by atoms with Gasteiger partial charge in [-0.1, -0.05) is 5.16 Å². The summed E-state index contributed by atoms with van der Waals surface area (Å²) in [5, 5.41) is 21.6. The van der Waals surface area contributed by atoms with Crippen molar-refractivity contribution >= 4 is 0 Å². The molecule has 0 amide bonds. The van der Waals surface area contributed by atoms with E-state index in [0.717, 1.165) is 5.56 Å². The Bertz CT molecular complexity index is 449. The normalized spacial score (nSPS) is 11.3. The third kappa shape index (κ3) is 3.16. The fraction of sp³-hybridized carbons (Fsp3) is 0.455. The highest BCUT2D eigenvalue weighted by molar-refractivity contribution is 5.49. The molecule has 18 heavy (non-hydrogen) atoms. The van der Waals surface area contributed by atoms with E-state index in [1.807, 2.05) is 4.90 Å². The Kier molecular flexibility index (Phi) is 4.46. The first kappa shape index (κ1) is 12.7. The van der Waals surface area contributed by atoms with Gasteiger partial charge in [-0.2, -0.15) is 4.98 Å². The van der Waals surface area contributed by atoms with E-state index in [9.17, 15) is 0 Å². The van der Waals surface area contributed by atoms with E-state index >= 15 is 0 Å². The predicted octanol–water partition coefficient (Wildman–Crippen LogP) is 0.116. The van der Waals surface area contributed by atoms with E-state index in [1.165, 1.54) is 12.5 Å². The molecule has 0 radical (unpaired) electrons. The summed E-state index contributed by atoms with van der Waals surface area (Å²) < 4.78 is 10.0. The molecule has 0 aromatic carbocycles. The predicted molar refractivity (Wildman–Crippen MR) is 61.4 cm³/mol. The quantitative estimate of drug-likeness (QED) is 0.723. The molecular weight excluding hydrogens is 238 g/mol. The number of aliphatic hydroxyl groups is 2. The summed E-state index contributed by atoms with van der Waals surface area (Å²) in [7, 11) is 0. The second-order valence-electron chi connectivity index (χ2n) is 3.75. The summed E-state index contributed by atoms with van der Waals surface area (Å²) in [6.07, 6.45) is 3.06. The zero-order chi connectivity index (χ0) is 12.8. The van der Waals surface area contributed by atoms with Gasteiger partial charge in [0.05, 0.1) is 31.6 Å². The van der Waals surface area contributed by atoms with Crippen LogP contribution in [0, 0.1) is 0 Å². The monoisotopic (exact) mass is 253 g/mol. The summed E-state index contributed by atoms with van der Waals surface area (Å²) in [4.78, 5) is 6.05. The molecule has 7 nitrogen and oxygen atoms in total. The van der Waals surface area contributed by atoms with Gasteiger partial charge in [0.15, 0.2) is 5.82 Å². The average molecular weight is 253 g/mol. The minimum Gasteiger partial charge on any atom is -0.472 e. The summed E-state index contributed by atoms with van der Waals surface area (Å²) in [5.74, 6) is 0.903. The van der Waals surface area contributed by atoms with Crippen molar-refractivity contribution in [3.63, 3.8) is 0 Å². The molecule has 98 valence electrons. The number of rotatable bonds is 7. The first-order valence-corrected chi connectivity index (χ1v) is 5.62. The first-order valence-electron chi connectivity index (χ1n) is 5.62. The maximum Gasteiger partial charge on any atom is 0.261 e. The van der Waals surface area contributed by atoms with E-state index in [1.54, 1.807) is 6.07 Å². The van der Waals surface area contributed by atoms with Crippen LogP contribution in [0.3, 0.4) is 0 Å². The van der Waals surface area contributed by atoms with Crippen molar-refractivity contribution in [2.24, 2.45) is 0 Å². The van der Waals surface area contributed by atoms with E-state index in [2.05, 4.69) is 10.1 Å². The largest absolute Gasteiger partial charge is 0.472 e. The maximum absolute atomic E-state index is 8.90. The number of hydrogen-bond acceptors (Lipinski definition) is 7. The van der Waals surface area contributed by atoms with Gasteiger partial charge in [-0.25, -0.2) is 0 Å². The highest BCUT2D eigenvalue weighted by Gasteiger charge is 2.13. The standard InChI is InChI=1S/C11H15N3O4/c15-4-2-14(3-5-16)7-10-12-11(18-13-10)9-1-6-17-8-9/h1,6,8,15-16H,2-5,7H2. The molecule has 0 bridgehead atoms. The minimum atomic E-state index is 0.0203. The molecule has 2 N–H and O–H groups in total. The van der Waals surface area contributed by atoms with Crippen LogP contribution in [0.1, 0.15) is 5.82 Å². The van der Waals surface area contributed by atoms with Crippen molar-refractivity contribution < 1.29 is 19.2 Å². The lowest BCUT2D eigenvalue weighted by Crippen LogP contribution is -2.29. The fourth-order valence-electron chi connectivity index (χ4n) is 1.57. The second-order valence-corrected chi connectivity index (χ2v) is 3.75. The van der Waals surface area contributed by atoms with Crippen LogP contribution in [0.15, 0.2) is 27.5 Å². The molecule has 0 saturated heterocycles. The lowest BCUT2D eigenvalue weighted by molar-refractivity contribution is 0.152. The van der Waals surface area contributed by atoms with Crippen molar-refractivity contribution in [2.45, 2.75) is 6.54 Å². The zero-order valence-corrected chi connectivity index (χ0v) is 9.82. The second kappa shape index (κ2) is 6.29. The number of aromatic nitrogens is 2. The van der Waals surface area contributed by atoms with Crippen LogP contribution in [0.25, 0.3) is 11.5 Å². The third-order valence-electron chi connectivity index (χ3n) is 2.43. The summed E-state index contributed by atoms with van der Waals surface area (Å²) in [6.45, 7) is 1.37. The lowest BCUT2D eigenvalue weighted by atomic mass is 10.3. The molecule has 0 unspecified atom stereocenters. The smallest absolute Gasteiger partial charge is 0.261 e. The van der Waals surface area contributed by atoms with E-state index < -0.39 is 0 Å². The van der Waals surface area contributed by atoms with Gasteiger partial charge in [-0.05, 0) is 6.07 Å². The number of hydrogen-bond donors (Lipinski definition) is 2. The fourth-order valence-corrected chi connectivity index (χ4v) is 1.57. The van der Waals surface area contributed by atoms with Crippen molar-refractivity contribution in [1.29, 1.82) is 0 Å². The van der Waals surface area contributed by atoms with Crippen LogP contribution in [-0.4, -0.2) is 51.6 Å². The van der Waals surface area contributed by atoms with Gasteiger partial charge < -0.3 is 19.2 Å². The molecule has 0 spiro atoms. The SMILES string of the molecule is OCCN(CCO)Cc1noc(-c2ccoc2)n1. The Balaban J connectivity index is 2.01. The van der Waals surface area contributed by atoms with Gasteiger partial charge in [-0.15, -0.1) is 0 Å². The summed E-state index contributed by atoms with van der Waals surface area (Å²) in [6, 6.07) is 1.73. The Morgan fingerprint density at radius 1 is 1.22 bits per heavy atom. The van der Waals surface area contributed by atoms with Crippen molar-refractivity contribution in [3.8, 4) is 11.5 Å². The van der Waals surface area contributed by atoms with E-state index in [4.69, 9.17) is 19.2 Å². The molecule has 0 aliphatic carbocycles. The summed E-state index contributed by atoms with van der Waals surface area (Å²) >= 11 is 0. The molecule has 7 heteroatoms. The Hall–Kier alpha value is -1.70. The summed E-state index contributed by atoms with van der Waals surface area (Å²) in [5.41, 5.74) is 0.726. The van der Waals surface area contributed by atoms with Gasteiger partial charge >= 0.3 is 0 Å². The molecule has 0 fully saturated rings. The molecule has 2 rings (SSSR count). The highest BCUT2D eigenvalue weighted by Crippen LogP contribution is 2.17. The van der Waals surface area contributed by atoms with Crippen molar-refractivity contribution in [3.05, 3.63) is 24.4 Å². The van der Waals surface area contributed by atoms with E-state index in [0.29, 0.717) is 31.3 Å². The molecule has 0 saturated carbocycles. The zero-order valence-electron chi connectivity index (χ0n) is 9.82. The van der Waals surface area contributed by atoms with Crippen LogP contribution in [-0.2, 0) is 6.54 Å². The Morgan fingerprint density at radius 3 is 2.61 bits per heavy atom. The van der Waals surface area contributed by atoms with Gasteiger partial charge in [-0.3, -0.25) is 4.90 Å². The van der Waals surface area contributed by atoms with Gasteiger partial charge in [0.25, 0.3) is 5.89 Å². The van der Waals surface area contributed by atoms with Crippen LogP contribution in [0.2, 0.25) is 0 Å². The molecule has 2 aromatic rings. The number of furan rings is 1. The highest BCUT2D eigenvalue weighted by atomic mass is 16.5. The number of aliphatic hydroxyl groups excluding tert-OH is 2. The third-order valence-corrected chi connectivity index (χ3v) is 2.43. The minimum absolute atomic E-state index is 0.0203.